The van der Waals surface area contributed by atoms with Crippen LogP contribution in [0.2, 0.25) is 0 Å². The van der Waals surface area contributed by atoms with Crippen LogP contribution in [-0.2, 0) is 0 Å². The fourth-order valence-electron chi connectivity index (χ4n) is 2.68. The average Bonchev–Trinajstić information content (AvgIpc) is 2.53. The zero-order chi connectivity index (χ0) is 13.8. The Hall–Kier alpha value is -0.610. The van der Waals surface area contributed by atoms with E-state index in [0.29, 0.717) is 12.0 Å². The molecule has 1 unspecified atom stereocenters. The van der Waals surface area contributed by atoms with Gasteiger partial charge in [0.15, 0.2) is 0 Å². The van der Waals surface area contributed by atoms with E-state index in [2.05, 4.69) is 40.0 Å². The van der Waals surface area contributed by atoms with Gasteiger partial charge in [-0.15, -0.1) is 0 Å². The number of hydrogen-bond acceptors (Lipinski definition) is 2. The van der Waals surface area contributed by atoms with Gasteiger partial charge in [0, 0.05) is 23.6 Å². The van der Waals surface area contributed by atoms with E-state index in [9.17, 15) is 4.39 Å². The number of nitrogens with one attached hydrogen (secondary N) is 1. The normalized spacial score (nSPS) is 20.7. The fraction of sp³-hybridized carbons (Fsp3) is 0.600. The Balaban J connectivity index is 2.13. The van der Waals surface area contributed by atoms with Gasteiger partial charge in [0.25, 0.3) is 0 Å². The lowest BCUT2D eigenvalue weighted by Crippen LogP contribution is -2.38. The summed E-state index contributed by atoms with van der Waals surface area (Å²) in [5.41, 5.74) is 0.723. The van der Waals surface area contributed by atoms with Crippen LogP contribution in [0.15, 0.2) is 22.7 Å². The van der Waals surface area contributed by atoms with Crippen LogP contribution >= 0.6 is 15.9 Å². The number of hydrogen-bond donors (Lipinski definition) is 1. The Labute approximate surface area is 123 Å². The first-order valence-electron chi connectivity index (χ1n) is 6.99. The van der Waals surface area contributed by atoms with Gasteiger partial charge in [-0.05, 0) is 43.5 Å². The van der Waals surface area contributed by atoms with Gasteiger partial charge >= 0.3 is 0 Å². The number of rotatable bonds is 3. The van der Waals surface area contributed by atoms with Crippen molar-refractivity contribution in [2.75, 3.05) is 24.5 Å². The van der Waals surface area contributed by atoms with Crippen LogP contribution < -0.4 is 10.2 Å². The molecule has 4 heteroatoms. The van der Waals surface area contributed by atoms with E-state index in [-0.39, 0.29) is 5.82 Å². The molecule has 1 aromatic carbocycles. The van der Waals surface area contributed by atoms with Crippen LogP contribution in [0.25, 0.3) is 0 Å². The summed E-state index contributed by atoms with van der Waals surface area (Å²) in [6.07, 6.45) is 2.19. The maximum absolute atomic E-state index is 14.1. The summed E-state index contributed by atoms with van der Waals surface area (Å²) < 4.78 is 14.9. The second-order valence-corrected chi connectivity index (χ2v) is 6.59. The maximum atomic E-state index is 14.1. The number of nitrogens with zero attached hydrogens (tertiary/aromatic N) is 1. The molecule has 1 aromatic rings. The van der Waals surface area contributed by atoms with Crippen LogP contribution in [0.5, 0.6) is 0 Å². The molecule has 0 bridgehead atoms. The molecule has 1 aliphatic heterocycles. The third kappa shape index (κ3) is 4.18. The van der Waals surface area contributed by atoms with Crippen molar-refractivity contribution in [3.8, 4) is 0 Å². The number of halogens is 2. The molecule has 1 heterocycles. The van der Waals surface area contributed by atoms with Gasteiger partial charge in [-0.1, -0.05) is 29.8 Å². The highest BCUT2D eigenvalue weighted by atomic mass is 79.9. The summed E-state index contributed by atoms with van der Waals surface area (Å²) in [5.74, 6) is 0.520. The monoisotopic (exact) mass is 328 g/mol. The van der Waals surface area contributed by atoms with Gasteiger partial charge in [0.05, 0.1) is 5.69 Å². The smallest absolute Gasteiger partial charge is 0.147 e. The Kier molecular flexibility index (Phi) is 5.22. The molecule has 106 valence electrons. The average molecular weight is 329 g/mol. The third-order valence-electron chi connectivity index (χ3n) is 3.48. The lowest BCUT2D eigenvalue weighted by Gasteiger charge is -2.27. The quantitative estimate of drug-likeness (QED) is 0.907. The molecule has 0 radical (unpaired) electrons. The van der Waals surface area contributed by atoms with Gasteiger partial charge in [-0.25, -0.2) is 4.39 Å². The number of anilines is 1. The summed E-state index contributed by atoms with van der Waals surface area (Å²) in [6.45, 7) is 7.29. The summed E-state index contributed by atoms with van der Waals surface area (Å²) in [5, 5.41) is 3.57. The van der Waals surface area contributed by atoms with Crippen molar-refractivity contribution in [2.45, 2.75) is 32.7 Å². The lowest BCUT2D eigenvalue weighted by atomic mass is 10.0. The second kappa shape index (κ2) is 6.71. The van der Waals surface area contributed by atoms with Crippen LogP contribution in [0, 0.1) is 11.7 Å². The first kappa shape index (κ1) is 14.8. The third-order valence-corrected chi connectivity index (χ3v) is 3.98. The molecule has 0 amide bonds. The first-order valence-corrected chi connectivity index (χ1v) is 7.79. The zero-order valence-corrected chi connectivity index (χ0v) is 13.2. The van der Waals surface area contributed by atoms with Gasteiger partial charge < -0.3 is 10.2 Å². The van der Waals surface area contributed by atoms with E-state index in [1.807, 2.05) is 12.1 Å². The Morgan fingerprint density at radius 2 is 2.26 bits per heavy atom. The van der Waals surface area contributed by atoms with Crippen molar-refractivity contribution in [3.63, 3.8) is 0 Å². The molecule has 19 heavy (non-hydrogen) atoms. The van der Waals surface area contributed by atoms with Crippen LogP contribution in [0.3, 0.4) is 0 Å². The fourth-order valence-corrected chi connectivity index (χ4v) is 3.01. The largest absolute Gasteiger partial charge is 0.368 e. The van der Waals surface area contributed by atoms with E-state index < -0.39 is 0 Å². The molecule has 0 saturated carbocycles. The molecule has 1 fully saturated rings. The van der Waals surface area contributed by atoms with E-state index in [0.717, 1.165) is 42.6 Å². The van der Waals surface area contributed by atoms with Crippen molar-refractivity contribution in [1.29, 1.82) is 0 Å². The van der Waals surface area contributed by atoms with E-state index in [1.165, 1.54) is 0 Å². The number of benzene rings is 1. The topological polar surface area (TPSA) is 15.3 Å². The van der Waals surface area contributed by atoms with E-state index in [4.69, 9.17) is 0 Å². The Morgan fingerprint density at radius 1 is 1.47 bits per heavy atom. The zero-order valence-electron chi connectivity index (χ0n) is 11.6. The summed E-state index contributed by atoms with van der Waals surface area (Å²) in [7, 11) is 0. The SMILES string of the molecule is CC(C)CC1CN(c2ccc(Br)cc2F)CCCN1. The molecular weight excluding hydrogens is 307 g/mol. The van der Waals surface area contributed by atoms with Crippen LogP contribution in [-0.4, -0.2) is 25.7 Å². The van der Waals surface area contributed by atoms with Crippen LogP contribution in [0.4, 0.5) is 10.1 Å². The molecule has 0 spiro atoms. The van der Waals surface area contributed by atoms with Gasteiger partial charge in [0.1, 0.15) is 5.82 Å². The van der Waals surface area contributed by atoms with Gasteiger partial charge in [-0.3, -0.25) is 0 Å². The minimum atomic E-state index is -0.139. The lowest BCUT2D eigenvalue weighted by molar-refractivity contribution is 0.435. The van der Waals surface area contributed by atoms with Crippen molar-refractivity contribution in [1.82, 2.24) is 5.32 Å². The van der Waals surface area contributed by atoms with Crippen molar-refractivity contribution < 1.29 is 4.39 Å². The predicted molar refractivity (Wildman–Crippen MR) is 82.2 cm³/mol. The Bertz CT molecular complexity index is 423. The molecule has 0 aromatic heterocycles. The molecule has 1 N–H and O–H groups in total. The maximum Gasteiger partial charge on any atom is 0.147 e. The summed E-state index contributed by atoms with van der Waals surface area (Å²) >= 11 is 3.31. The molecule has 1 atom stereocenters. The molecule has 1 saturated heterocycles. The highest BCUT2D eigenvalue weighted by Crippen LogP contribution is 2.25. The highest BCUT2D eigenvalue weighted by Gasteiger charge is 2.20. The van der Waals surface area contributed by atoms with Gasteiger partial charge in [0.2, 0.25) is 0 Å². The van der Waals surface area contributed by atoms with E-state index >= 15 is 0 Å². The first-order chi connectivity index (χ1) is 9.06. The van der Waals surface area contributed by atoms with Crippen molar-refractivity contribution >= 4 is 21.6 Å². The predicted octanol–water partition coefficient (Wildman–Crippen LogP) is 3.80. The minimum absolute atomic E-state index is 0.139. The molecule has 2 rings (SSSR count). The molecule has 1 aliphatic rings. The molecule has 0 aliphatic carbocycles. The van der Waals surface area contributed by atoms with Crippen LogP contribution in [0.1, 0.15) is 26.7 Å². The molecular formula is C15H22BrFN2. The minimum Gasteiger partial charge on any atom is -0.368 e. The van der Waals surface area contributed by atoms with Crippen molar-refractivity contribution in [2.24, 2.45) is 5.92 Å². The van der Waals surface area contributed by atoms with E-state index in [1.54, 1.807) is 6.07 Å². The highest BCUT2D eigenvalue weighted by molar-refractivity contribution is 9.10. The van der Waals surface area contributed by atoms with Gasteiger partial charge in [-0.2, -0.15) is 0 Å². The van der Waals surface area contributed by atoms with Crippen molar-refractivity contribution in [3.05, 3.63) is 28.5 Å². The standard InChI is InChI=1S/C15H22BrFN2/c1-11(2)8-13-10-19(7-3-6-18-13)15-5-4-12(16)9-14(15)17/h4-5,9,11,13,18H,3,6-8,10H2,1-2H3. The Morgan fingerprint density at radius 3 is 2.95 bits per heavy atom. The summed E-state index contributed by atoms with van der Waals surface area (Å²) in [6, 6.07) is 5.78. The second-order valence-electron chi connectivity index (χ2n) is 5.68. The summed E-state index contributed by atoms with van der Waals surface area (Å²) in [4.78, 5) is 2.18. The molecule has 2 nitrogen and oxygen atoms in total.